The molecule has 0 aliphatic carbocycles. The monoisotopic (exact) mass is 266 g/mol. The van der Waals surface area contributed by atoms with Gasteiger partial charge in [-0.2, -0.15) is 0 Å². The van der Waals surface area contributed by atoms with Crippen LogP contribution in [0.2, 0.25) is 0 Å². The second-order valence-corrected chi connectivity index (χ2v) is 4.58. The number of amides is 1. The van der Waals surface area contributed by atoms with Gasteiger partial charge in [0.05, 0.1) is 7.11 Å². The number of ether oxygens (including phenoxy) is 1. The summed E-state index contributed by atoms with van der Waals surface area (Å²) in [5.41, 5.74) is 8.66. The molecule has 4 nitrogen and oxygen atoms in total. The topological polar surface area (TPSA) is 68.1 Å². The summed E-state index contributed by atoms with van der Waals surface area (Å²) < 4.78 is 5.21. The van der Waals surface area contributed by atoms with E-state index in [1.54, 1.807) is 19.2 Å². The molecule has 0 bridgehead atoms. The van der Waals surface area contributed by atoms with Crippen LogP contribution in [-0.4, -0.2) is 18.0 Å². The first-order chi connectivity index (χ1) is 9.67. The van der Waals surface area contributed by atoms with E-state index in [2.05, 4.69) is 4.98 Å². The number of benzene rings is 2. The van der Waals surface area contributed by atoms with Crippen LogP contribution in [0.3, 0.4) is 0 Å². The van der Waals surface area contributed by atoms with Crippen LogP contribution < -0.4 is 10.5 Å². The lowest BCUT2D eigenvalue weighted by molar-refractivity contribution is 0.100. The largest absolute Gasteiger partial charge is 0.497 e. The van der Waals surface area contributed by atoms with E-state index in [9.17, 15) is 4.79 Å². The van der Waals surface area contributed by atoms with Crippen molar-refractivity contribution in [3.8, 4) is 17.0 Å². The molecule has 0 radical (unpaired) electrons. The zero-order valence-corrected chi connectivity index (χ0v) is 11.0. The molecule has 0 aliphatic heterocycles. The number of aromatic amines is 1. The number of fused-ring (bicyclic) bond motifs is 1. The number of aromatic nitrogens is 1. The van der Waals surface area contributed by atoms with Crippen LogP contribution in [0.25, 0.3) is 22.2 Å². The quantitative estimate of drug-likeness (QED) is 0.765. The van der Waals surface area contributed by atoms with Crippen LogP contribution in [0.5, 0.6) is 5.75 Å². The van der Waals surface area contributed by atoms with E-state index in [1.165, 1.54) is 0 Å². The normalized spacial score (nSPS) is 10.7. The summed E-state index contributed by atoms with van der Waals surface area (Å²) in [7, 11) is 1.64. The number of rotatable bonds is 3. The maximum absolute atomic E-state index is 11.2. The van der Waals surface area contributed by atoms with E-state index in [1.807, 2.05) is 36.4 Å². The summed E-state index contributed by atoms with van der Waals surface area (Å²) in [6, 6.07) is 15.1. The van der Waals surface area contributed by atoms with Crippen molar-refractivity contribution >= 4 is 16.8 Å². The van der Waals surface area contributed by atoms with E-state index in [4.69, 9.17) is 10.5 Å². The Morgan fingerprint density at radius 2 is 2.00 bits per heavy atom. The molecule has 3 aromatic rings. The lowest BCUT2D eigenvalue weighted by atomic mass is 10.1. The van der Waals surface area contributed by atoms with Gasteiger partial charge in [-0.15, -0.1) is 0 Å². The Kier molecular flexibility index (Phi) is 2.91. The molecule has 20 heavy (non-hydrogen) atoms. The average Bonchev–Trinajstić information content (AvgIpc) is 2.90. The van der Waals surface area contributed by atoms with Gasteiger partial charge in [-0.05, 0) is 35.9 Å². The second-order valence-electron chi connectivity index (χ2n) is 4.58. The van der Waals surface area contributed by atoms with Gasteiger partial charge in [0.25, 0.3) is 0 Å². The molecule has 0 fully saturated rings. The molecule has 1 heterocycles. The van der Waals surface area contributed by atoms with Gasteiger partial charge in [0, 0.05) is 28.2 Å². The highest BCUT2D eigenvalue weighted by molar-refractivity contribution is 5.94. The Hall–Kier alpha value is -2.75. The van der Waals surface area contributed by atoms with Crippen molar-refractivity contribution in [1.29, 1.82) is 0 Å². The third-order valence-corrected chi connectivity index (χ3v) is 3.29. The predicted octanol–water partition coefficient (Wildman–Crippen LogP) is 2.94. The Morgan fingerprint density at radius 1 is 1.15 bits per heavy atom. The van der Waals surface area contributed by atoms with E-state index in [0.717, 1.165) is 27.9 Å². The lowest BCUT2D eigenvalue weighted by Gasteiger charge is -2.00. The van der Waals surface area contributed by atoms with Gasteiger partial charge < -0.3 is 15.5 Å². The first-order valence-corrected chi connectivity index (χ1v) is 6.24. The van der Waals surface area contributed by atoms with Gasteiger partial charge >= 0.3 is 0 Å². The molecule has 1 amide bonds. The maximum Gasteiger partial charge on any atom is 0.248 e. The SMILES string of the molecule is COc1ccc2cc(-c3cccc(C(N)=O)c3)[nH]c2c1. The van der Waals surface area contributed by atoms with Gasteiger partial charge in [-0.3, -0.25) is 4.79 Å². The van der Waals surface area contributed by atoms with Crippen LogP contribution in [0, 0.1) is 0 Å². The highest BCUT2D eigenvalue weighted by atomic mass is 16.5. The third kappa shape index (κ3) is 2.12. The van der Waals surface area contributed by atoms with Crippen molar-refractivity contribution < 1.29 is 9.53 Å². The standard InChI is InChI=1S/C16H14N2O2/c1-20-13-6-5-11-8-14(18-15(11)9-13)10-3-2-4-12(7-10)16(17)19/h2-9,18H,1H3,(H2,17,19). The molecule has 4 heteroatoms. The number of hydrogen-bond acceptors (Lipinski definition) is 2. The van der Waals surface area contributed by atoms with Crippen molar-refractivity contribution in [3.63, 3.8) is 0 Å². The Morgan fingerprint density at radius 3 is 2.75 bits per heavy atom. The van der Waals surface area contributed by atoms with Crippen LogP contribution in [0.15, 0.2) is 48.5 Å². The molecule has 1 aromatic heterocycles. The molecule has 0 atom stereocenters. The highest BCUT2D eigenvalue weighted by Crippen LogP contribution is 2.27. The Labute approximate surface area is 116 Å². The molecule has 2 aromatic carbocycles. The summed E-state index contributed by atoms with van der Waals surface area (Å²) >= 11 is 0. The molecular weight excluding hydrogens is 252 g/mol. The smallest absolute Gasteiger partial charge is 0.248 e. The second kappa shape index (κ2) is 4.74. The fourth-order valence-electron chi connectivity index (χ4n) is 2.23. The summed E-state index contributed by atoms with van der Waals surface area (Å²) in [5.74, 6) is 0.376. The summed E-state index contributed by atoms with van der Waals surface area (Å²) in [5, 5.41) is 1.09. The fourth-order valence-corrected chi connectivity index (χ4v) is 2.23. The number of primary amides is 1. The fraction of sp³-hybridized carbons (Fsp3) is 0.0625. The summed E-state index contributed by atoms with van der Waals surface area (Å²) in [6.07, 6.45) is 0. The lowest BCUT2D eigenvalue weighted by Crippen LogP contribution is -2.10. The molecule has 0 spiro atoms. The first-order valence-electron chi connectivity index (χ1n) is 6.24. The Balaban J connectivity index is 2.10. The van der Waals surface area contributed by atoms with Crippen LogP contribution >= 0.6 is 0 Å². The molecule has 3 N–H and O–H groups in total. The number of carbonyl (C=O) groups excluding carboxylic acids is 1. The number of nitrogens with two attached hydrogens (primary N) is 1. The zero-order chi connectivity index (χ0) is 14.1. The van der Waals surface area contributed by atoms with Gasteiger partial charge in [-0.25, -0.2) is 0 Å². The number of carbonyl (C=O) groups is 1. The summed E-state index contributed by atoms with van der Waals surface area (Å²) in [4.78, 5) is 14.6. The van der Waals surface area contributed by atoms with Crippen molar-refractivity contribution in [1.82, 2.24) is 4.98 Å². The average molecular weight is 266 g/mol. The predicted molar refractivity (Wildman–Crippen MR) is 78.8 cm³/mol. The molecule has 0 unspecified atom stereocenters. The molecule has 100 valence electrons. The first kappa shape index (κ1) is 12.3. The number of nitrogens with one attached hydrogen (secondary N) is 1. The minimum absolute atomic E-state index is 0.426. The third-order valence-electron chi connectivity index (χ3n) is 3.29. The number of H-pyrrole nitrogens is 1. The molecule has 0 aliphatic rings. The van der Waals surface area contributed by atoms with E-state index in [-0.39, 0.29) is 0 Å². The van der Waals surface area contributed by atoms with E-state index >= 15 is 0 Å². The molecule has 3 rings (SSSR count). The molecule has 0 saturated heterocycles. The molecule has 0 saturated carbocycles. The van der Waals surface area contributed by atoms with Gasteiger partial charge in [0.1, 0.15) is 5.75 Å². The van der Waals surface area contributed by atoms with E-state index < -0.39 is 5.91 Å². The maximum atomic E-state index is 11.2. The van der Waals surface area contributed by atoms with Crippen LogP contribution in [0.1, 0.15) is 10.4 Å². The Bertz CT molecular complexity index is 790. The minimum Gasteiger partial charge on any atom is -0.497 e. The number of hydrogen-bond donors (Lipinski definition) is 2. The van der Waals surface area contributed by atoms with Gasteiger partial charge in [0.15, 0.2) is 0 Å². The van der Waals surface area contributed by atoms with E-state index in [0.29, 0.717) is 5.56 Å². The highest BCUT2D eigenvalue weighted by Gasteiger charge is 2.07. The summed E-state index contributed by atoms with van der Waals surface area (Å²) in [6.45, 7) is 0. The van der Waals surface area contributed by atoms with Crippen molar-refractivity contribution in [2.75, 3.05) is 7.11 Å². The van der Waals surface area contributed by atoms with Crippen molar-refractivity contribution in [2.45, 2.75) is 0 Å². The minimum atomic E-state index is -0.426. The van der Waals surface area contributed by atoms with Gasteiger partial charge in [-0.1, -0.05) is 12.1 Å². The van der Waals surface area contributed by atoms with Crippen molar-refractivity contribution in [3.05, 3.63) is 54.1 Å². The number of methoxy groups -OCH3 is 1. The van der Waals surface area contributed by atoms with Crippen LogP contribution in [0.4, 0.5) is 0 Å². The van der Waals surface area contributed by atoms with Gasteiger partial charge in [0.2, 0.25) is 5.91 Å². The molecular formula is C16H14N2O2. The van der Waals surface area contributed by atoms with Crippen molar-refractivity contribution in [2.24, 2.45) is 5.73 Å². The zero-order valence-electron chi connectivity index (χ0n) is 11.0. The van der Waals surface area contributed by atoms with Crippen LogP contribution in [-0.2, 0) is 0 Å².